The number of thiophene rings is 1. The van der Waals surface area contributed by atoms with Gasteiger partial charge < -0.3 is 15.4 Å². The summed E-state index contributed by atoms with van der Waals surface area (Å²) in [7, 11) is 0. The zero-order valence-corrected chi connectivity index (χ0v) is 20.9. The van der Waals surface area contributed by atoms with Crippen molar-refractivity contribution < 1.29 is 5.11 Å². The maximum atomic E-state index is 10.4. The second-order valence-electron chi connectivity index (χ2n) is 9.87. The molecule has 5 aromatic heterocycles. The molecule has 8 nitrogen and oxygen atoms in total. The Morgan fingerprint density at radius 3 is 2.69 bits per heavy atom. The number of aliphatic hydroxyl groups is 1. The van der Waals surface area contributed by atoms with E-state index in [1.807, 2.05) is 45.0 Å². The molecule has 0 amide bonds. The van der Waals surface area contributed by atoms with Crippen molar-refractivity contribution in [3.8, 4) is 33.8 Å². The lowest BCUT2D eigenvalue weighted by Gasteiger charge is -2.27. The summed E-state index contributed by atoms with van der Waals surface area (Å²) in [6.07, 6.45) is 4.56. The third kappa shape index (κ3) is 4.02. The lowest BCUT2D eigenvalue weighted by Crippen LogP contribution is -2.33. The molecular weight excluding hydrogens is 470 g/mol. The van der Waals surface area contributed by atoms with Crippen molar-refractivity contribution in [1.29, 1.82) is 0 Å². The number of nitrogens with one attached hydrogen (secondary N) is 3. The predicted molar refractivity (Wildman–Crippen MR) is 145 cm³/mol. The molecule has 5 heterocycles. The summed E-state index contributed by atoms with van der Waals surface area (Å²) >= 11 is 1.67. The van der Waals surface area contributed by atoms with Crippen molar-refractivity contribution in [3.63, 3.8) is 0 Å². The summed E-state index contributed by atoms with van der Waals surface area (Å²) in [5, 5.41) is 26.1. The average molecular weight is 496 g/mol. The highest BCUT2D eigenvalue weighted by Crippen LogP contribution is 2.33. The van der Waals surface area contributed by atoms with E-state index in [4.69, 9.17) is 4.98 Å². The number of para-hydroxylation sites is 1. The van der Waals surface area contributed by atoms with E-state index in [2.05, 4.69) is 53.4 Å². The van der Waals surface area contributed by atoms with E-state index in [1.165, 1.54) is 0 Å². The van der Waals surface area contributed by atoms with Crippen LogP contribution < -0.4 is 5.32 Å². The third-order valence-corrected chi connectivity index (χ3v) is 6.87. The Kier molecular flexibility index (Phi) is 5.31. The van der Waals surface area contributed by atoms with Crippen molar-refractivity contribution in [3.05, 3.63) is 65.7 Å². The highest BCUT2D eigenvalue weighted by molar-refractivity contribution is 7.08. The molecule has 1 aromatic carbocycles. The van der Waals surface area contributed by atoms with Crippen molar-refractivity contribution in [2.24, 2.45) is 5.41 Å². The second kappa shape index (κ2) is 8.54. The molecule has 0 bridgehead atoms. The van der Waals surface area contributed by atoms with E-state index in [0.717, 1.165) is 50.1 Å². The number of benzene rings is 1. The minimum absolute atomic E-state index is 0.308. The molecule has 1 unspecified atom stereocenters. The van der Waals surface area contributed by atoms with Crippen LogP contribution in [0, 0.1) is 5.41 Å². The molecule has 0 radical (unpaired) electrons. The second-order valence-corrected chi connectivity index (χ2v) is 10.6. The smallest absolute Gasteiger partial charge is 0.181 e. The summed E-state index contributed by atoms with van der Waals surface area (Å²) in [4.78, 5) is 17.3. The molecule has 36 heavy (non-hydrogen) atoms. The number of aliphatic hydroxyl groups excluding tert-OH is 1. The number of nitrogens with zero attached hydrogens (tertiary/aromatic N) is 4. The number of pyridine rings is 2. The third-order valence-electron chi connectivity index (χ3n) is 6.19. The number of H-pyrrole nitrogens is 2. The van der Waals surface area contributed by atoms with Crippen LogP contribution >= 0.6 is 11.3 Å². The molecule has 0 aliphatic heterocycles. The first kappa shape index (κ1) is 22.4. The van der Waals surface area contributed by atoms with Gasteiger partial charge in [-0.25, -0.2) is 9.97 Å². The fourth-order valence-electron chi connectivity index (χ4n) is 4.09. The largest absolute Gasteiger partial charge is 0.373 e. The van der Waals surface area contributed by atoms with Gasteiger partial charge in [0.2, 0.25) is 0 Å². The van der Waals surface area contributed by atoms with E-state index in [9.17, 15) is 5.11 Å². The molecular formula is C27H25N7OS. The molecule has 6 rings (SSSR count). The first-order chi connectivity index (χ1) is 17.4. The maximum absolute atomic E-state index is 10.4. The van der Waals surface area contributed by atoms with Crippen LogP contribution in [0.3, 0.4) is 0 Å². The number of aromatic amines is 2. The fourth-order valence-corrected chi connectivity index (χ4v) is 4.75. The van der Waals surface area contributed by atoms with Crippen molar-refractivity contribution in [2.45, 2.75) is 27.0 Å². The van der Waals surface area contributed by atoms with Crippen LogP contribution in [0.15, 0.2) is 65.7 Å². The number of hydrogen-bond acceptors (Lipinski definition) is 7. The van der Waals surface area contributed by atoms with Gasteiger partial charge in [0.15, 0.2) is 11.5 Å². The lowest BCUT2D eigenvalue weighted by molar-refractivity contribution is 0.0880. The first-order valence-corrected chi connectivity index (χ1v) is 12.6. The zero-order valence-electron chi connectivity index (χ0n) is 20.1. The Labute approximate surface area is 211 Å². The molecule has 0 aliphatic carbocycles. The molecule has 0 spiro atoms. The summed E-state index contributed by atoms with van der Waals surface area (Å²) in [6.45, 7) is 5.92. The standard InChI is InChI=1S/C27H25N7OS/c1-27(2,3)26(35)30-18-9-16(11-28-13-18)17-10-20-23(33-34-24(20)29-12-17)25-31-21-6-4-5-19(22(21)32-25)15-7-8-36-14-15/h4-14,26,30,35H,1-3H3,(H,31,32)(H,29,33,34). The van der Waals surface area contributed by atoms with Crippen LogP contribution in [0.4, 0.5) is 5.69 Å². The van der Waals surface area contributed by atoms with Gasteiger partial charge in [0.05, 0.1) is 28.3 Å². The quantitative estimate of drug-likeness (QED) is 0.216. The van der Waals surface area contributed by atoms with Gasteiger partial charge in [-0.2, -0.15) is 16.4 Å². The average Bonchev–Trinajstić information content (AvgIpc) is 3.62. The van der Waals surface area contributed by atoms with Crippen molar-refractivity contribution in [2.75, 3.05) is 5.32 Å². The molecule has 0 aliphatic rings. The van der Waals surface area contributed by atoms with E-state index in [1.54, 1.807) is 29.9 Å². The number of anilines is 1. The summed E-state index contributed by atoms with van der Waals surface area (Å²) in [5.74, 6) is 0.705. The van der Waals surface area contributed by atoms with Crippen LogP contribution in [-0.2, 0) is 0 Å². The highest BCUT2D eigenvalue weighted by atomic mass is 32.1. The molecule has 0 saturated carbocycles. The Balaban J connectivity index is 1.40. The van der Waals surface area contributed by atoms with Crippen LogP contribution in [0.25, 0.3) is 55.8 Å². The van der Waals surface area contributed by atoms with Gasteiger partial charge in [0.1, 0.15) is 11.9 Å². The fraction of sp³-hybridized carbons (Fsp3) is 0.185. The van der Waals surface area contributed by atoms with Crippen LogP contribution in [0.2, 0.25) is 0 Å². The Morgan fingerprint density at radius 1 is 1.03 bits per heavy atom. The SMILES string of the molecule is CC(C)(C)C(O)Nc1cncc(-c2cnc3n[nH]c(-c4nc5c(-c6ccsc6)cccc5[nH]4)c3c2)c1. The molecule has 1 atom stereocenters. The molecule has 0 saturated heterocycles. The van der Waals surface area contributed by atoms with Gasteiger partial charge in [-0.05, 0) is 40.6 Å². The number of rotatable bonds is 5. The van der Waals surface area contributed by atoms with Gasteiger partial charge in [-0.3, -0.25) is 10.1 Å². The normalized spacial score (nSPS) is 12.9. The summed E-state index contributed by atoms with van der Waals surface area (Å²) < 4.78 is 0. The number of fused-ring (bicyclic) bond motifs is 2. The molecule has 0 fully saturated rings. The Morgan fingerprint density at radius 2 is 1.89 bits per heavy atom. The highest BCUT2D eigenvalue weighted by Gasteiger charge is 2.22. The van der Waals surface area contributed by atoms with Gasteiger partial charge in [-0.1, -0.05) is 32.9 Å². The summed E-state index contributed by atoms with van der Waals surface area (Å²) in [6, 6.07) is 12.2. The monoisotopic (exact) mass is 495 g/mol. The first-order valence-electron chi connectivity index (χ1n) is 11.6. The Hall–Kier alpha value is -4.08. The van der Waals surface area contributed by atoms with E-state index >= 15 is 0 Å². The van der Waals surface area contributed by atoms with Gasteiger partial charge in [0, 0.05) is 34.5 Å². The molecule has 180 valence electrons. The molecule has 9 heteroatoms. The maximum Gasteiger partial charge on any atom is 0.181 e. The van der Waals surface area contributed by atoms with E-state index in [-0.39, 0.29) is 5.41 Å². The van der Waals surface area contributed by atoms with E-state index in [0.29, 0.717) is 11.5 Å². The minimum Gasteiger partial charge on any atom is -0.373 e. The lowest BCUT2D eigenvalue weighted by atomic mass is 9.94. The minimum atomic E-state index is -0.706. The van der Waals surface area contributed by atoms with Gasteiger partial charge in [-0.15, -0.1) is 0 Å². The van der Waals surface area contributed by atoms with Crippen molar-refractivity contribution >= 4 is 39.1 Å². The zero-order chi connectivity index (χ0) is 24.9. The Bertz CT molecular complexity index is 1680. The molecule has 6 aromatic rings. The van der Waals surface area contributed by atoms with Crippen LogP contribution in [0.5, 0.6) is 0 Å². The number of hydrogen-bond donors (Lipinski definition) is 4. The van der Waals surface area contributed by atoms with Crippen LogP contribution in [-0.4, -0.2) is 41.5 Å². The predicted octanol–water partition coefficient (Wildman–Crippen LogP) is 6.07. The molecule has 4 N–H and O–H groups in total. The van der Waals surface area contributed by atoms with E-state index < -0.39 is 6.23 Å². The number of aromatic nitrogens is 6. The van der Waals surface area contributed by atoms with Gasteiger partial charge in [0.25, 0.3) is 0 Å². The summed E-state index contributed by atoms with van der Waals surface area (Å²) in [5.41, 5.74) is 7.70. The van der Waals surface area contributed by atoms with Gasteiger partial charge >= 0.3 is 0 Å². The number of imidazole rings is 1. The van der Waals surface area contributed by atoms with Crippen LogP contribution in [0.1, 0.15) is 20.8 Å². The topological polar surface area (TPSA) is 115 Å². The van der Waals surface area contributed by atoms with Crippen molar-refractivity contribution in [1.82, 2.24) is 30.1 Å².